The summed E-state index contributed by atoms with van der Waals surface area (Å²) in [6.45, 7) is 10.6. The van der Waals surface area contributed by atoms with Crippen molar-refractivity contribution in [1.82, 2.24) is 9.88 Å². The average Bonchev–Trinajstić information content (AvgIpc) is 2.50. The molecule has 2 nitrogen and oxygen atoms in total. The van der Waals surface area contributed by atoms with Gasteiger partial charge < -0.3 is 4.90 Å². The molecule has 3 heteroatoms. The van der Waals surface area contributed by atoms with Gasteiger partial charge in [-0.2, -0.15) is 0 Å². The lowest BCUT2D eigenvalue weighted by molar-refractivity contribution is 0.297. The summed E-state index contributed by atoms with van der Waals surface area (Å²) in [5.41, 5.74) is 4.04. The topological polar surface area (TPSA) is 16.1 Å². The Morgan fingerprint density at radius 3 is 2.79 bits per heavy atom. The van der Waals surface area contributed by atoms with E-state index in [1.165, 1.54) is 4.88 Å². The fourth-order valence-corrected chi connectivity index (χ4v) is 2.31. The van der Waals surface area contributed by atoms with Crippen molar-refractivity contribution < 1.29 is 0 Å². The van der Waals surface area contributed by atoms with Crippen molar-refractivity contribution in [3.63, 3.8) is 0 Å². The Kier molecular flexibility index (Phi) is 2.00. The molecule has 2 heterocycles. The van der Waals surface area contributed by atoms with Gasteiger partial charge in [0.2, 0.25) is 0 Å². The molecule has 1 aliphatic heterocycles. The molecule has 0 amide bonds. The molecule has 0 saturated carbocycles. The second-order valence-corrected chi connectivity index (χ2v) is 5.22. The van der Waals surface area contributed by atoms with Crippen LogP contribution in [0.2, 0.25) is 0 Å². The largest absolute Gasteiger partial charge is 0.342 e. The van der Waals surface area contributed by atoms with Crippen LogP contribution in [-0.4, -0.2) is 15.4 Å². The smallest absolute Gasteiger partial charge is 0.0847 e. The van der Waals surface area contributed by atoms with Crippen LogP contribution in [0.15, 0.2) is 18.3 Å². The highest BCUT2D eigenvalue weighted by atomic mass is 32.1. The van der Waals surface area contributed by atoms with Gasteiger partial charge >= 0.3 is 0 Å². The van der Waals surface area contributed by atoms with E-state index in [2.05, 4.69) is 43.4 Å². The molecule has 1 aliphatic rings. The van der Waals surface area contributed by atoms with Gasteiger partial charge in [0, 0.05) is 11.7 Å². The zero-order chi connectivity index (χ0) is 10.3. The van der Waals surface area contributed by atoms with Crippen molar-refractivity contribution in [2.75, 3.05) is 0 Å². The van der Waals surface area contributed by atoms with Crippen LogP contribution in [0.4, 0.5) is 0 Å². The number of aromatic nitrogens is 1. The molecule has 0 unspecified atom stereocenters. The fourth-order valence-electron chi connectivity index (χ4n) is 1.56. The highest BCUT2D eigenvalue weighted by Gasteiger charge is 2.26. The van der Waals surface area contributed by atoms with Gasteiger partial charge in [-0.15, -0.1) is 11.3 Å². The third kappa shape index (κ3) is 1.38. The lowest BCUT2D eigenvalue weighted by Gasteiger charge is -2.37. The molecule has 0 saturated heterocycles. The Balaban J connectivity index is 2.43. The normalized spacial score (nSPS) is 15.9. The van der Waals surface area contributed by atoms with E-state index in [1.54, 1.807) is 11.3 Å². The van der Waals surface area contributed by atoms with Crippen molar-refractivity contribution in [1.29, 1.82) is 0 Å². The zero-order valence-corrected chi connectivity index (χ0v) is 9.56. The molecule has 0 N–H and O–H groups in total. The van der Waals surface area contributed by atoms with Crippen molar-refractivity contribution in [3.8, 4) is 0 Å². The van der Waals surface area contributed by atoms with Gasteiger partial charge in [-0.05, 0) is 26.8 Å². The first-order chi connectivity index (χ1) is 6.50. The van der Waals surface area contributed by atoms with Gasteiger partial charge in [-0.3, -0.25) is 0 Å². The van der Waals surface area contributed by atoms with Gasteiger partial charge in [-0.25, -0.2) is 4.98 Å². The number of rotatable bonds is 0. The van der Waals surface area contributed by atoms with Crippen molar-refractivity contribution in [2.45, 2.75) is 26.3 Å². The van der Waals surface area contributed by atoms with E-state index >= 15 is 0 Å². The molecule has 0 aromatic carbocycles. The van der Waals surface area contributed by atoms with Crippen LogP contribution < -0.4 is 0 Å². The molecule has 74 valence electrons. The Labute approximate surface area is 88.6 Å². The van der Waals surface area contributed by atoms with E-state index < -0.39 is 0 Å². The summed E-state index contributed by atoms with van der Waals surface area (Å²) in [5, 5.41) is 0. The highest BCUT2D eigenvalue weighted by molar-refractivity contribution is 7.11. The number of hydrogen-bond acceptors (Lipinski definition) is 3. The van der Waals surface area contributed by atoms with E-state index in [-0.39, 0.29) is 5.54 Å². The average molecular weight is 206 g/mol. The molecule has 1 aromatic rings. The quantitative estimate of drug-likeness (QED) is 0.648. The van der Waals surface area contributed by atoms with Crippen molar-refractivity contribution in [3.05, 3.63) is 28.9 Å². The third-order valence-corrected chi connectivity index (χ3v) is 3.14. The fraction of sp³-hybridized carbons (Fsp3) is 0.364. The van der Waals surface area contributed by atoms with Crippen molar-refractivity contribution >= 4 is 23.1 Å². The molecule has 0 atom stereocenters. The lowest BCUT2D eigenvalue weighted by Crippen LogP contribution is -2.36. The number of nitrogens with zero attached hydrogens (tertiary/aromatic N) is 2. The third-order valence-electron chi connectivity index (χ3n) is 2.25. The van der Waals surface area contributed by atoms with Gasteiger partial charge in [-0.1, -0.05) is 6.58 Å². The second-order valence-electron chi connectivity index (χ2n) is 4.37. The number of hydrogen-bond donors (Lipinski definition) is 0. The predicted octanol–water partition coefficient (Wildman–Crippen LogP) is 3.20. The zero-order valence-electron chi connectivity index (χ0n) is 8.74. The molecule has 14 heavy (non-hydrogen) atoms. The van der Waals surface area contributed by atoms with Crippen LogP contribution in [0, 0.1) is 0 Å². The maximum absolute atomic E-state index is 4.27. The summed E-state index contributed by atoms with van der Waals surface area (Å²) < 4.78 is 0. The van der Waals surface area contributed by atoms with Crippen LogP contribution in [0.5, 0.6) is 0 Å². The van der Waals surface area contributed by atoms with Gasteiger partial charge in [0.15, 0.2) is 0 Å². The Morgan fingerprint density at radius 2 is 2.14 bits per heavy atom. The standard InChI is InChI=1S/C11H14N2S/c1-8-10-9(12-7-14-10)5-6-13(8)11(2,3)4/h5-7H,1H2,2-4H3. The maximum atomic E-state index is 4.27. The first-order valence-electron chi connectivity index (χ1n) is 4.60. The van der Waals surface area contributed by atoms with E-state index in [0.717, 1.165) is 11.4 Å². The Bertz CT molecular complexity index is 396. The van der Waals surface area contributed by atoms with Crippen LogP contribution in [0.25, 0.3) is 11.8 Å². The summed E-state index contributed by atoms with van der Waals surface area (Å²) in [5.74, 6) is 0. The van der Waals surface area contributed by atoms with Crippen LogP contribution in [0.1, 0.15) is 31.3 Å². The SMILES string of the molecule is C=C1c2scnc2C=CN1C(C)(C)C. The number of fused-ring (bicyclic) bond motifs is 1. The van der Waals surface area contributed by atoms with Crippen molar-refractivity contribution in [2.24, 2.45) is 0 Å². The van der Waals surface area contributed by atoms with E-state index in [4.69, 9.17) is 0 Å². The Morgan fingerprint density at radius 1 is 1.43 bits per heavy atom. The van der Waals surface area contributed by atoms with Gasteiger partial charge in [0.25, 0.3) is 0 Å². The first-order valence-corrected chi connectivity index (χ1v) is 5.48. The molecule has 1 aromatic heterocycles. The molecule has 0 aliphatic carbocycles. The van der Waals surface area contributed by atoms with Gasteiger partial charge in [0.1, 0.15) is 0 Å². The molecular formula is C11H14N2S. The minimum atomic E-state index is 0.0786. The molecule has 2 rings (SSSR count). The first kappa shape index (κ1) is 9.46. The van der Waals surface area contributed by atoms with Gasteiger partial charge in [0.05, 0.1) is 21.8 Å². The number of thiazole rings is 1. The maximum Gasteiger partial charge on any atom is 0.0847 e. The van der Waals surface area contributed by atoms with E-state index in [1.807, 2.05) is 11.6 Å². The van der Waals surface area contributed by atoms with E-state index in [9.17, 15) is 0 Å². The minimum Gasteiger partial charge on any atom is -0.342 e. The molecule has 0 fully saturated rings. The van der Waals surface area contributed by atoms with Crippen LogP contribution in [0.3, 0.4) is 0 Å². The summed E-state index contributed by atoms with van der Waals surface area (Å²) in [6, 6.07) is 0. The monoisotopic (exact) mass is 206 g/mol. The van der Waals surface area contributed by atoms with E-state index in [0.29, 0.717) is 0 Å². The molecule has 0 spiro atoms. The highest BCUT2D eigenvalue weighted by Crippen LogP contribution is 2.34. The lowest BCUT2D eigenvalue weighted by atomic mass is 10.0. The molecule has 0 radical (unpaired) electrons. The summed E-state index contributed by atoms with van der Waals surface area (Å²) >= 11 is 1.65. The summed E-state index contributed by atoms with van der Waals surface area (Å²) in [7, 11) is 0. The molecular weight excluding hydrogens is 192 g/mol. The molecule has 0 bridgehead atoms. The van der Waals surface area contributed by atoms with Crippen LogP contribution >= 0.6 is 11.3 Å². The van der Waals surface area contributed by atoms with Crippen LogP contribution in [-0.2, 0) is 0 Å². The minimum absolute atomic E-state index is 0.0786. The Hall–Kier alpha value is -1.09. The summed E-state index contributed by atoms with van der Waals surface area (Å²) in [4.78, 5) is 7.64. The second kappa shape index (κ2) is 2.95. The predicted molar refractivity (Wildman–Crippen MR) is 61.8 cm³/mol. The summed E-state index contributed by atoms with van der Waals surface area (Å²) in [6.07, 6.45) is 4.11.